The van der Waals surface area contributed by atoms with Gasteiger partial charge in [-0.15, -0.1) is 0 Å². The summed E-state index contributed by atoms with van der Waals surface area (Å²) in [6.07, 6.45) is 1.72. The van der Waals surface area contributed by atoms with E-state index in [9.17, 15) is 4.79 Å². The van der Waals surface area contributed by atoms with E-state index in [1.807, 2.05) is 0 Å². The van der Waals surface area contributed by atoms with E-state index >= 15 is 0 Å². The topological polar surface area (TPSA) is 83.8 Å². The molecule has 1 radical (unpaired) electrons. The van der Waals surface area contributed by atoms with Gasteiger partial charge in [0.2, 0.25) is 5.88 Å². The normalized spacial score (nSPS) is 9.67. The van der Waals surface area contributed by atoms with Crippen LogP contribution in [0.5, 0.6) is 5.88 Å². The van der Waals surface area contributed by atoms with Gasteiger partial charge < -0.3 is 10.1 Å². The molecule has 2 aromatic heterocycles. The van der Waals surface area contributed by atoms with Crippen molar-refractivity contribution in [1.29, 1.82) is 0 Å². The van der Waals surface area contributed by atoms with Crippen molar-refractivity contribution in [3.8, 4) is 17.4 Å². The summed E-state index contributed by atoms with van der Waals surface area (Å²) in [4.78, 5) is 17.2. The van der Waals surface area contributed by atoms with Crippen molar-refractivity contribution < 1.29 is 5.11 Å². The first-order valence-corrected chi connectivity index (χ1v) is 3.95. The number of hydrogen-bond donors (Lipinski definition) is 2. The summed E-state index contributed by atoms with van der Waals surface area (Å²) in [6.45, 7) is 0. The average molecular weight is 199 g/mol. The number of hydrogen-bond acceptors (Lipinski definition) is 4. The standard InChI is InChI=1S/C8H8N4O2.Li/c1-12-3-2-5(11-12)8-9-6(13)4-7(14)10-8;/h2-4H,1H3,(H2,9,10,13,14);. The summed E-state index contributed by atoms with van der Waals surface area (Å²) in [6, 6.07) is 2.70. The molecule has 0 amide bonds. The van der Waals surface area contributed by atoms with Crippen LogP contribution in [-0.2, 0) is 7.05 Å². The third-order valence-electron chi connectivity index (χ3n) is 1.68. The molecule has 0 aliphatic rings. The Balaban J connectivity index is 0.00000112. The molecule has 0 saturated carbocycles. The zero-order valence-electron chi connectivity index (χ0n) is 8.43. The van der Waals surface area contributed by atoms with Gasteiger partial charge in [0, 0.05) is 32.1 Å². The van der Waals surface area contributed by atoms with Gasteiger partial charge in [0.05, 0.1) is 6.07 Å². The summed E-state index contributed by atoms with van der Waals surface area (Å²) in [5.74, 6) is -0.0509. The number of aryl methyl sites for hydroxylation is 1. The van der Waals surface area contributed by atoms with Crippen LogP contribution in [0.15, 0.2) is 23.1 Å². The first-order valence-electron chi connectivity index (χ1n) is 3.95. The molecule has 0 unspecified atom stereocenters. The predicted octanol–water partition coefficient (Wildman–Crippen LogP) is -0.505. The number of aromatic nitrogens is 4. The summed E-state index contributed by atoms with van der Waals surface area (Å²) in [5, 5.41) is 13.1. The molecule has 6 nitrogen and oxygen atoms in total. The van der Waals surface area contributed by atoms with Crippen LogP contribution in [0, 0.1) is 0 Å². The monoisotopic (exact) mass is 199 g/mol. The minimum atomic E-state index is -0.404. The van der Waals surface area contributed by atoms with Gasteiger partial charge in [-0.3, -0.25) is 9.48 Å². The summed E-state index contributed by atoms with van der Waals surface area (Å²) in [5.41, 5.74) is 0.110. The molecule has 7 heteroatoms. The molecule has 0 aliphatic heterocycles. The maximum atomic E-state index is 11.0. The van der Waals surface area contributed by atoms with E-state index in [0.29, 0.717) is 5.69 Å². The molecule has 0 saturated heterocycles. The zero-order valence-corrected chi connectivity index (χ0v) is 8.43. The van der Waals surface area contributed by atoms with Gasteiger partial charge in [-0.1, -0.05) is 0 Å². The number of aromatic hydroxyl groups is 1. The fourth-order valence-corrected chi connectivity index (χ4v) is 1.11. The van der Waals surface area contributed by atoms with Gasteiger partial charge in [0.25, 0.3) is 5.56 Å². The number of nitrogens with one attached hydrogen (secondary N) is 1. The number of aromatic amines is 1. The Morgan fingerprint density at radius 3 is 2.80 bits per heavy atom. The van der Waals surface area contributed by atoms with Crippen LogP contribution in [0.1, 0.15) is 0 Å². The molecule has 73 valence electrons. The second kappa shape index (κ2) is 4.34. The Kier molecular flexibility index (Phi) is 3.34. The summed E-state index contributed by atoms with van der Waals surface area (Å²) in [7, 11) is 1.75. The molecule has 0 bridgehead atoms. The molecular weight excluding hydrogens is 191 g/mol. The van der Waals surface area contributed by atoms with Crippen LogP contribution in [0.25, 0.3) is 11.5 Å². The molecule has 0 aromatic carbocycles. The van der Waals surface area contributed by atoms with Crippen LogP contribution < -0.4 is 5.56 Å². The van der Waals surface area contributed by atoms with Crippen molar-refractivity contribution in [2.75, 3.05) is 0 Å². The third kappa shape index (κ3) is 2.49. The van der Waals surface area contributed by atoms with Gasteiger partial charge in [-0.2, -0.15) is 10.1 Å². The number of rotatable bonds is 1. The van der Waals surface area contributed by atoms with Crippen LogP contribution in [-0.4, -0.2) is 43.7 Å². The summed E-state index contributed by atoms with van der Waals surface area (Å²) >= 11 is 0. The van der Waals surface area contributed by atoms with E-state index in [1.165, 1.54) is 0 Å². The van der Waals surface area contributed by atoms with Gasteiger partial charge in [0.1, 0.15) is 5.69 Å². The Morgan fingerprint density at radius 1 is 1.53 bits per heavy atom. The second-order valence-electron chi connectivity index (χ2n) is 2.83. The maximum absolute atomic E-state index is 11.0. The molecule has 15 heavy (non-hydrogen) atoms. The molecule has 0 atom stereocenters. The van der Waals surface area contributed by atoms with Gasteiger partial charge >= 0.3 is 0 Å². The molecule has 2 N–H and O–H groups in total. The molecule has 2 aromatic rings. The quantitative estimate of drug-likeness (QED) is 0.606. The molecular formula is C8H8LiN4O2. The Bertz CT molecular complexity index is 519. The Hall–Kier alpha value is -1.51. The van der Waals surface area contributed by atoms with E-state index in [0.717, 1.165) is 6.07 Å². The molecule has 0 aliphatic carbocycles. The van der Waals surface area contributed by atoms with Crippen molar-refractivity contribution in [1.82, 2.24) is 19.7 Å². The molecule has 0 spiro atoms. The van der Waals surface area contributed by atoms with Crippen molar-refractivity contribution in [2.45, 2.75) is 0 Å². The van der Waals surface area contributed by atoms with Crippen LogP contribution in [0.2, 0.25) is 0 Å². The third-order valence-corrected chi connectivity index (χ3v) is 1.68. The molecule has 2 heterocycles. The predicted molar refractivity (Wildman–Crippen MR) is 54.5 cm³/mol. The maximum Gasteiger partial charge on any atom is 0.255 e. The second-order valence-corrected chi connectivity index (χ2v) is 2.83. The minimum absolute atomic E-state index is 0. The van der Waals surface area contributed by atoms with Crippen LogP contribution in [0.4, 0.5) is 0 Å². The Labute approximate surface area is 97.2 Å². The minimum Gasteiger partial charge on any atom is -0.493 e. The van der Waals surface area contributed by atoms with Crippen molar-refractivity contribution in [2.24, 2.45) is 7.05 Å². The fraction of sp³-hybridized carbons (Fsp3) is 0.125. The van der Waals surface area contributed by atoms with Crippen LogP contribution in [0.3, 0.4) is 0 Å². The fourth-order valence-electron chi connectivity index (χ4n) is 1.11. The van der Waals surface area contributed by atoms with Crippen molar-refractivity contribution in [3.63, 3.8) is 0 Å². The van der Waals surface area contributed by atoms with E-state index in [-0.39, 0.29) is 30.6 Å². The smallest absolute Gasteiger partial charge is 0.255 e. The Morgan fingerprint density at radius 2 is 2.27 bits per heavy atom. The van der Waals surface area contributed by atoms with Gasteiger partial charge in [-0.25, -0.2) is 0 Å². The van der Waals surface area contributed by atoms with Gasteiger partial charge in [0.15, 0.2) is 5.82 Å². The van der Waals surface area contributed by atoms with Crippen molar-refractivity contribution >= 4 is 18.9 Å². The largest absolute Gasteiger partial charge is 0.493 e. The number of nitrogens with zero attached hydrogens (tertiary/aromatic N) is 3. The summed E-state index contributed by atoms with van der Waals surface area (Å²) < 4.78 is 1.58. The van der Waals surface area contributed by atoms with Crippen molar-refractivity contribution in [3.05, 3.63) is 28.7 Å². The molecule has 2 rings (SSSR count). The molecule has 0 fully saturated rings. The van der Waals surface area contributed by atoms with E-state index in [2.05, 4.69) is 15.1 Å². The number of H-pyrrole nitrogens is 1. The van der Waals surface area contributed by atoms with E-state index in [1.54, 1.807) is 24.0 Å². The van der Waals surface area contributed by atoms with Crippen LogP contribution >= 0.6 is 0 Å². The van der Waals surface area contributed by atoms with Gasteiger partial charge in [-0.05, 0) is 6.07 Å². The average Bonchev–Trinajstić information content (AvgIpc) is 2.50. The van der Waals surface area contributed by atoms with E-state index < -0.39 is 5.56 Å². The first-order chi connectivity index (χ1) is 6.65. The zero-order chi connectivity index (χ0) is 10.1. The van der Waals surface area contributed by atoms with E-state index in [4.69, 9.17) is 5.11 Å². The SMILES string of the molecule is Cn1ccc(-c2nc(O)cc(=O)[nH]2)n1.[Li]. The first kappa shape index (κ1) is 11.6.